The molecule has 0 spiro atoms. The second-order valence-electron chi connectivity index (χ2n) is 3.76. The van der Waals surface area contributed by atoms with Crippen molar-refractivity contribution in [1.82, 2.24) is 0 Å². The van der Waals surface area contributed by atoms with Crippen LogP contribution in [0.3, 0.4) is 0 Å². The van der Waals surface area contributed by atoms with Crippen molar-refractivity contribution in [2.45, 2.75) is 32.1 Å². The Labute approximate surface area is 90.9 Å². The molecular weight excluding hydrogens is 217 g/mol. The van der Waals surface area contributed by atoms with Gasteiger partial charge in [0.1, 0.15) is 0 Å². The second-order valence-corrected chi connectivity index (χ2v) is 6.26. The number of hydrogen-bond acceptors (Lipinski definition) is 4. The SMILES string of the molecule is O=NP(O)CCCCC1CCCSC1. The minimum absolute atomic E-state index is 0.596. The van der Waals surface area contributed by atoms with Gasteiger partial charge in [-0.2, -0.15) is 11.8 Å². The molecule has 0 aromatic carbocycles. The summed E-state index contributed by atoms with van der Waals surface area (Å²) in [5, 5.41) is 0. The zero-order chi connectivity index (χ0) is 10.2. The average molecular weight is 235 g/mol. The molecule has 14 heavy (non-hydrogen) atoms. The predicted octanol–water partition coefficient (Wildman–Crippen LogP) is 3.37. The quantitative estimate of drug-likeness (QED) is 0.436. The van der Waals surface area contributed by atoms with Crippen molar-refractivity contribution in [1.29, 1.82) is 0 Å². The third kappa shape index (κ3) is 5.28. The molecule has 0 saturated carbocycles. The van der Waals surface area contributed by atoms with Crippen molar-refractivity contribution in [3.05, 3.63) is 4.91 Å². The number of nitroso groups, excluding NO2 is 1. The summed E-state index contributed by atoms with van der Waals surface area (Å²) in [5.41, 5.74) is 0. The maximum Gasteiger partial charge on any atom is 0.198 e. The van der Waals surface area contributed by atoms with Crippen molar-refractivity contribution >= 4 is 20.1 Å². The summed E-state index contributed by atoms with van der Waals surface area (Å²) in [6.07, 6.45) is 6.67. The van der Waals surface area contributed by atoms with Gasteiger partial charge in [0.25, 0.3) is 0 Å². The van der Waals surface area contributed by atoms with Crippen molar-refractivity contribution in [2.24, 2.45) is 10.9 Å². The highest BCUT2D eigenvalue weighted by Crippen LogP contribution is 2.33. The topological polar surface area (TPSA) is 49.7 Å². The zero-order valence-electron chi connectivity index (χ0n) is 8.39. The summed E-state index contributed by atoms with van der Waals surface area (Å²) < 4.78 is 0. The minimum atomic E-state index is -1.54. The van der Waals surface area contributed by atoms with Gasteiger partial charge >= 0.3 is 0 Å². The van der Waals surface area contributed by atoms with Gasteiger partial charge in [0.2, 0.25) is 0 Å². The van der Waals surface area contributed by atoms with Crippen LogP contribution in [-0.4, -0.2) is 22.6 Å². The van der Waals surface area contributed by atoms with Gasteiger partial charge in [0.05, 0.1) is 0 Å². The Morgan fingerprint density at radius 1 is 1.50 bits per heavy atom. The number of hydrogen-bond donors (Lipinski definition) is 1. The number of unbranched alkanes of at least 4 members (excludes halogenated alkanes) is 1. The molecular formula is C9H18NO2PS. The lowest BCUT2D eigenvalue weighted by atomic mass is 9.99. The largest absolute Gasteiger partial charge is 0.351 e. The van der Waals surface area contributed by atoms with Crippen LogP contribution < -0.4 is 0 Å². The molecule has 0 aromatic heterocycles. The van der Waals surface area contributed by atoms with Crippen LogP contribution >= 0.6 is 20.1 Å². The van der Waals surface area contributed by atoms with Gasteiger partial charge in [0, 0.05) is 6.16 Å². The Balaban J connectivity index is 1.94. The highest BCUT2D eigenvalue weighted by atomic mass is 32.2. The molecule has 0 aliphatic carbocycles. The molecule has 0 bridgehead atoms. The molecule has 0 aromatic rings. The Bertz CT molecular complexity index is 165. The van der Waals surface area contributed by atoms with Crippen LogP contribution in [0.5, 0.6) is 0 Å². The summed E-state index contributed by atoms with van der Waals surface area (Å²) in [7, 11) is -1.54. The van der Waals surface area contributed by atoms with Gasteiger partial charge < -0.3 is 4.89 Å². The molecule has 2 unspecified atom stereocenters. The Hall–Kier alpha value is 0.340. The van der Waals surface area contributed by atoms with Crippen LogP contribution in [-0.2, 0) is 0 Å². The predicted molar refractivity (Wildman–Crippen MR) is 63.7 cm³/mol. The van der Waals surface area contributed by atoms with Crippen LogP contribution in [0.1, 0.15) is 32.1 Å². The Kier molecular flexibility index (Phi) is 6.74. The number of thioether (sulfide) groups is 1. The van der Waals surface area contributed by atoms with E-state index in [9.17, 15) is 4.91 Å². The van der Waals surface area contributed by atoms with E-state index in [2.05, 4.69) is 16.7 Å². The van der Waals surface area contributed by atoms with Crippen LogP contribution in [0.2, 0.25) is 0 Å². The van der Waals surface area contributed by atoms with Crippen molar-refractivity contribution < 1.29 is 4.89 Å². The maximum atomic E-state index is 9.93. The summed E-state index contributed by atoms with van der Waals surface area (Å²) >= 11 is 2.06. The Morgan fingerprint density at radius 2 is 2.36 bits per heavy atom. The number of nitrogens with zero attached hydrogens (tertiary/aromatic N) is 1. The van der Waals surface area contributed by atoms with E-state index in [1.807, 2.05) is 0 Å². The first kappa shape index (κ1) is 12.4. The minimum Gasteiger partial charge on any atom is -0.351 e. The molecule has 82 valence electrons. The van der Waals surface area contributed by atoms with E-state index in [1.165, 1.54) is 30.8 Å². The van der Waals surface area contributed by atoms with E-state index >= 15 is 0 Å². The van der Waals surface area contributed by atoms with E-state index in [-0.39, 0.29) is 0 Å². The first-order chi connectivity index (χ1) is 6.83. The van der Waals surface area contributed by atoms with E-state index in [1.54, 1.807) is 0 Å². The monoisotopic (exact) mass is 235 g/mol. The Morgan fingerprint density at radius 3 is 3.00 bits per heavy atom. The van der Waals surface area contributed by atoms with Crippen LogP contribution in [0, 0.1) is 10.8 Å². The summed E-state index contributed by atoms with van der Waals surface area (Å²) in [4.78, 5) is 21.5. The van der Waals surface area contributed by atoms with Crippen LogP contribution in [0.15, 0.2) is 4.95 Å². The second kappa shape index (κ2) is 7.61. The molecule has 1 aliphatic heterocycles. The molecule has 3 nitrogen and oxygen atoms in total. The molecule has 1 aliphatic rings. The standard InChI is InChI=1S/C9H18NO2PS/c11-10-13(12)6-2-1-4-9-5-3-7-14-8-9/h9,12H,1-8H2. The van der Waals surface area contributed by atoms with Crippen LogP contribution in [0.4, 0.5) is 0 Å². The summed E-state index contributed by atoms with van der Waals surface area (Å²) in [5.74, 6) is 3.51. The lowest BCUT2D eigenvalue weighted by Crippen LogP contribution is -2.10. The van der Waals surface area contributed by atoms with E-state index in [4.69, 9.17) is 4.89 Å². The van der Waals surface area contributed by atoms with Gasteiger partial charge in [-0.15, -0.1) is 4.91 Å². The van der Waals surface area contributed by atoms with Gasteiger partial charge in [-0.3, -0.25) is 0 Å². The van der Waals surface area contributed by atoms with Crippen molar-refractivity contribution in [3.8, 4) is 0 Å². The molecule has 0 amide bonds. The maximum absolute atomic E-state index is 9.93. The van der Waals surface area contributed by atoms with Gasteiger partial charge in [-0.25, -0.2) is 0 Å². The smallest absolute Gasteiger partial charge is 0.198 e. The fourth-order valence-electron chi connectivity index (χ4n) is 1.76. The molecule has 1 rings (SSSR count). The van der Waals surface area contributed by atoms with Crippen molar-refractivity contribution in [3.63, 3.8) is 0 Å². The van der Waals surface area contributed by atoms with Crippen molar-refractivity contribution in [2.75, 3.05) is 17.7 Å². The van der Waals surface area contributed by atoms with E-state index in [0.717, 1.165) is 18.8 Å². The van der Waals surface area contributed by atoms with E-state index in [0.29, 0.717) is 6.16 Å². The average Bonchev–Trinajstić information content (AvgIpc) is 2.25. The highest BCUT2D eigenvalue weighted by molar-refractivity contribution is 7.99. The molecule has 1 saturated heterocycles. The van der Waals surface area contributed by atoms with E-state index < -0.39 is 8.30 Å². The lowest BCUT2D eigenvalue weighted by molar-refractivity contribution is 0.465. The third-order valence-electron chi connectivity index (χ3n) is 2.57. The molecule has 1 N–H and O–H groups in total. The lowest BCUT2D eigenvalue weighted by Gasteiger charge is -2.20. The molecule has 1 heterocycles. The first-order valence-corrected chi connectivity index (χ1v) is 7.79. The summed E-state index contributed by atoms with van der Waals surface area (Å²) in [6.45, 7) is 0. The first-order valence-electron chi connectivity index (χ1n) is 5.20. The number of rotatable bonds is 6. The normalized spacial score (nSPS) is 24.5. The molecule has 1 fully saturated rings. The molecule has 5 heteroatoms. The fourth-order valence-corrected chi connectivity index (χ4v) is 3.55. The van der Waals surface area contributed by atoms with Gasteiger partial charge in [0.15, 0.2) is 8.30 Å². The third-order valence-corrected chi connectivity index (χ3v) is 4.76. The van der Waals surface area contributed by atoms with Gasteiger partial charge in [-0.05, 0) is 48.1 Å². The summed E-state index contributed by atoms with van der Waals surface area (Å²) in [6, 6.07) is 0. The van der Waals surface area contributed by atoms with Crippen LogP contribution in [0.25, 0.3) is 0 Å². The molecule has 0 radical (unpaired) electrons. The zero-order valence-corrected chi connectivity index (χ0v) is 10.1. The highest BCUT2D eigenvalue weighted by Gasteiger charge is 2.13. The fraction of sp³-hybridized carbons (Fsp3) is 1.00. The van der Waals surface area contributed by atoms with Gasteiger partial charge in [-0.1, -0.05) is 6.42 Å². The molecule has 2 atom stereocenters.